The third-order valence-corrected chi connectivity index (χ3v) is 6.79. The van der Waals surface area contributed by atoms with Crippen molar-refractivity contribution < 1.29 is 13.2 Å². The second-order valence-corrected chi connectivity index (χ2v) is 9.97. The van der Waals surface area contributed by atoms with E-state index in [-0.39, 0.29) is 11.5 Å². The number of nitrogens with one attached hydrogen (secondary N) is 1. The van der Waals surface area contributed by atoms with Crippen LogP contribution in [0.1, 0.15) is 53.5 Å². The van der Waals surface area contributed by atoms with E-state index in [1.165, 1.54) is 12.5 Å². The normalized spacial score (nSPS) is 15.3. The summed E-state index contributed by atoms with van der Waals surface area (Å²) in [5.74, 6) is -0.421. The van der Waals surface area contributed by atoms with Crippen molar-refractivity contribution in [2.24, 2.45) is 0 Å². The monoisotopic (exact) mass is 339 g/mol. The van der Waals surface area contributed by atoms with E-state index >= 15 is 0 Å². The summed E-state index contributed by atoms with van der Waals surface area (Å²) in [6, 6.07) is 10.0. The molecule has 4 nitrogen and oxygen atoms in total. The van der Waals surface area contributed by atoms with Crippen molar-refractivity contribution in [1.29, 1.82) is 0 Å². The highest BCUT2D eigenvalue weighted by atomic mass is 32.2. The Morgan fingerprint density at radius 2 is 1.61 bits per heavy atom. The van der Waals surface area contributed by atoms with Gasteiger partial charge in [0.25, 0.3) is 0 Å². The molecule has 23 heavy (non-hydrogen) atoms. The number of carbonyl (C=O) groups excluding carboxylic acids is 1. The quantitative estimate of drug-likeness (QED) is 0.830. The Balaban J connectivity index is 2.73. The lowest BCUT2D eigenvalue weighted by atomic mass is 9.79. The van der Waals surface area contributed by atoms with Crippen LogP contribution in [0.2, 0.25) is 0 Å². The van der Waals surface area contributed by atoms with Crippen molar-refractivity contribution in [3.05, 3.63) is 35.9 Å². The van der Waals surface area contributed by atoms with E-state index in [2.05, 4.69) is 31.3 Å². The maximum Gasteiger partial charge on any atom is 0.238 e. The molecule has 0 fully saturated rings. The van der Waals surface area contributed by atoms with E-state index in [9.17, 15) is 13.2 Å². The van der Waals surface area contributed by atoms with Gasteiger partial charge in [-0.15, -0.1) is 0 Å². The van der Waals surface area contributed by atoms with Crippen LogP contribution in [0, 0.1) is 0 Å². The molecule has 0 aliphatic heterocycles. The van der Waals surface area contributed by atoms with Crippen molar-refractivity contribution in [2.75, 3.05) is 0 Å². The summed E-state index contributed by atoms with van der Waals surface area (Å²) in [5.41, 5.74) is 1.10. The van der Waals surface area contributed by atoms with E-state index in [1.54, 1.807) is 13.8 Å². The van der Waals surface area contributed by atoms with Gasteiger partial charge in [0.1, 0.15) is 5.25 Å². The number of carbonyl (C=O) groups is 1. The first-order chi connectivity index (χ1) is 10.5. The number of hydrogen-bond acceptors (Lipinski definition) is 3. The number of rotatable bonds is 7. The van der Waals surface area contributed by atoms with Crippen molar-refractivity contribution in [3.8, 4) is 0 Å². The number of sulfone groups is 1. The molecule has 0 aliphatic carbocycles. The molecule has 0 unspecified atom stereocenters. The highest BCUT2D eigenvalue weighted by Crippen LogP contribution is 2.28. The summed E-state index contributed by atoms with van der Waals surface area (Å²) >= 11 is 0. The summed E-state index contributed by atoms with van der Waals surface area (Å²) in [6.45, 7) is 10.8. The van der Waals surface area contributed by atoms with Crippen LogP contribution in [-0.4, -0.2) is 30.9 Å². The van der Waals surface area contributed by atoms with Gasteiger partial charge in [0, 0.05) is 6.04 Å². The molecular formula is C18H29NO3S. The number of benzene rings is 1. The molecule has 0 spiro atoms. The van der Waals surface area contributed by atoms with Crippen LogP contribution in [0.4, 0.5) is 0 Å². The van der Waals surface area contributed by atoms with Crippen molar-refractivity contribution in [2.45, 2.75) is 69.9 Å². The molecule has 0 aliphatic rings. The van der Waals surface area contributed by atoms with Crippen LogP contribution in [0.15, 0.2) is 30.3 Å². The van der Waals surface area contributed by atoms with Crippen molar-refractivity contribution in [1.82, 2.24) is 5.32 Å². The summed E-state index contributed by atoms with van der Waals surface area (Å²) in [4.78, 5) is 12.2. The summed E-state index contributed by atoms with van der Waals surface area (Å²) in [7, 11) is -3.43. The first-order valence-corrected chi connectivity index (χ1v) is 9.68. The Labute approximate surface area is 140 Å². The molecule has 0 saturated carbocycles. The molecule has 5 heteroatoms. The Hall–Kier alpha value is -1.36. The molecule has 1 amide bonds. The van der Waals surface area contributed by atoms with Crippen LogP contribution in [0.5, 0.6) is 0 Å². The van der Waals surface area contributed by atoms with Gasteiger partial charge in [-0.05, 0) is 45.1 Å². The Morgan fingerprint density at radius 3 is 2.09 bits per heavy atom. The molecule has 0 aromatic heterocycles. The van der Waals surface area contributed by atoms with Crippen LogP contribution in [-0.2, 0) is 20.0 Å². The van der Waals surface area contributed by atoms with Crippen LogP contribution >= 0.6 is 0 Å². The zero-order valence-electron chi connectivity index (χ0n) is 15.0. The van der Waals surface area contributed by atoms with Gasteiger partial charge < -0.3 is 5.32 Å². The summed E-state index contributed by atoms with van der Waals surface area (Å²) in [6.07, 6.45) is 0.733. The molecule has 0 heterocycles. The van der Waals surface area contributed by atoms with Crippen LogP contribution < -0.4 is 5.32 Å². The third kappa shape index (κ3) is 5.06. The molecule has 0 radical (unpaired) electrons. The van der Waals surface area contributed by atoms with Gasteiger partial charge in [0.15, 0.2) is 9.84 Å². The fourth-order valence-corrected chi connectivity index (χ4v) is 3.92. The van der Waals surface area contributed by atoms with Gasteiger partial charge in [-0.25, -0.2) is 8.42 Å². The zero-order chi connectivity index (χ0) is 17.8. The predicted octanol–water partition coefficient (Wildman–Crippen LogP) is 3.07. The van der Waals surface area contributed by atoms with Gasteiger partial charge >= 0.3 is 0 Å². The van der Waals surface area contributed by atoms with Gasteiger partial charge in [-0.2, -0.15) is 0 Å². The minimum atomic E-state index is -3.43. The SMILES string of the molecule is CC(C)S(=O)(=O)[C@@H](C)C(=O)N[C@@H](C)CC(C)(C)c1ccccc1. The number of amides is 1. The Bertz CT molecular complexity index is 621. The first-order valence-electron chi connectivity index (χ1n) is 8.07. The second-order valence-electron chi connectivity index (χ2n) is 7.14. The van der Waals surface area contributed by atoms with E-state index < -0.39 is 26.2 Å². The molecule has 1 aromatic rings. The average Bonchev–Trinajstić information content (AvgIpc) is 2.46. The molecule has 0 saturated heterocycles. The second kappa shape index (κ2) is 7.47. The fourth-order valence-electron chi connectivity index (χ4n) is 2.74. The zero-order valence-corrected chi connectivity index (χ0v) is 15.8. The van der Waals surface area contributed by atoms with Crippen LogP contribution in [0.3, 0.4) is 0 Å². The molecular weight excluding hydrogens is 310 g/mol. The van der Waals surface area contributed by atoms with E-state index in [0.717, 1.165) is 6.42 Å². The minimum absolute atomic E-state index is 0.103. The molecule has 130 valence electrons. The minimum Gasteiger partial charge on any atom is -0.353 e. The Kier molecular flexibility index (Phi) is 6.40. The van der Waals surface area contributed by atoms with E-state index in [4.69, 9.17) is 0 Å². The highest BCUT2D eigenvalue weighted by Gasteiger charge is 2.32. The molecule has 2 atom stereocenters. The van der Waals surface area contributed by atoms with Gasteiger partial charge in [0.05, 0.1) is 5.25 Å². The van der Waals surface area contributed by atoms with Crippen molar-refractivity contribution in [3.63, 3.8) is 0 Å². The smallest absolute Gasteiger partial charge is 0.238 e. The lowest BCUT2D eigenvalue weighted by Gasteiger charge is -2.29. The predicted molar refractivity (Wildman–Crippen MR) is 95.2 cm³/mol. The van der Waals surface area contributed by atoms with E-state index in [1.807, 2.05) is 25.1 Å². The standard InChI is InChI=1S/C18H29NO3S/c1-13(2)23(21,22)15(4)17(20)19-14(3)12-18(5,6)16-10-8-7-9-11-16/h7-11,13-15H,12H2,1-6H3,(H,19,20)/t14-,15-/m0/s1. The van der Waals surface area contributed by atoms with Gasteiger partial charge in [-0.3, -0.25) is 4.79 Å². The topological polar surface area (TPSA) is 63.2 Å². The molecule has 1 N–H and O–H groups in total. The first kappa shape index (κ1) is 19.7. The maximum atomic E-state index is 12.2. The molecule has 1 rings (SSSR count). The highest BCUT2D eigenvalue weighted by molar-refractivity contribution is 7.93. The lowest BCUT2D eigenvalue weighted by molar-refractivity contribution is -0.121. The molecule has 0 bridgehead atoms. The van der Waals surface area contributed by atoms with Crippen molar-refractivity contribution >= 4 is 15.7 Å². The Morgan fingerprint density at radius 1 is 1.09 bits per heavy atom. The molecule has 1 aromatic carbocycles. The summed E-state index contributed by atoms with van der Waals surface area (Å²) in [5, 5.41) is 1.27. The fraction of sp³-hybridized carbons (Fsp3) is 0.611. The van der Waals surface area contributed by atoms with E-state index in [0.29, 0.717) is 0 Å². The summed E-state index contributed by atoms with van der Waals surface area (Å²) < 4.78 is 24.2. The maximum absolute atomic E-state index is 12.2. The van der Waals surface area contributed by atoms with Crippen LogP contribution in [0.25, 0.3) is 0 Å². The average molecular weight is 340 g/mol. The van der Waals surface area contributed by atoms with Gasteiger partial charge in [0.2, 0.25) is 5.91 Å². The largest absolute Gasteiger partial charge is 0.353 e. The third-order valence-electron chi connectivity index (χ3n) is 4.28. The lowest BCUT2D eigenvalue weighted by Crippen LogP contribution is -2.45. The number of hydrogen-bond donors (Lipinski definition) is 1. The van der Waals surface area contributed by atoms with Gasteiger partial charge in [-0.1, -0.05) is 44.2 Å².